The van der Waals surface area contributed by atoms with Gasteiger partial charge in [-0.3, -0.25) is 0 Å². The highest BCUT2D eigenvalue weighted by molar-refractivity contribution is 6.11. The van der Waals surface area contributed by atoms with Crippen LogP contribution in [-0.2, 0) is 0 Å². The van der Waals surface area contributed by atoms with Gasteiger partial charge in [0.25, 0.3) is 0 Å². The highest BCUT2D eigenvalue weighted by Crippen LogP contribution is 2.45. The van der Waals surface area contributed by atoms with Gasteiger partial charge in [0.05, 0.1) is 57.1 Å². The molecule has 4 nitrogen and oxygen atoms in total. The van der Waals surface area contributed by atoms with Crippen molar-refractivity contribution in [3.8, 4) is 29.0 Å². The third-order valence-corrected chi connectivity index (χ3v) is 9.82. The quantitative estimate of drug-likeness (QED) is 0.199. The van der Waals surface area contributed by atoms with Gasteiger partial charge in [-0.2, -0.15) is 10.5 Å². The van der Waals surface area contributed by atoms with Crippen LogP contribution in [-0.4, -0.2) is 9.13 Å². The molecule has 2 atom stereocenters. The molecule has 224 valence electrons. The fourth-order valence-electron chi connectivity index (χ4n) is 7.78. The molecular weight excluding hydrogens is 585 g/mol. The summed E-state index contributed by atoms with van der Waals surface area (Å²) in [4.78, 5) is 0. The van der Waals surface area contributed by atoms with E-state index in [2.05, 4.69) is 143 Å². The molecule has 2 heterocycles. The van der Waals surface area contributed by atoms with E-state index in [0.717, 1.165) is 60.9 Å². The maximum Gasteiger partial charge on any atom is 0.0983 e. The van der Waals surface area contributed by atoms with E-state index in [9.17, 15) is 10.5 Å². The maximum atomic E-state index is 10.8. The van der Waals surface area contributed by atoms with Gasteiger partial charge in [0.1, 0.15) is 0 Å². The number of nitrogens with zero attached hydrogens (tertiary/aromatic N) is 4. The summed E-state index contributed by atoms with van der Waals surface area (Å²) >= 11 is 0. The van der Waals surface area contributed by atoms with Gasteiger partial charge in [-0.05, 0) is 47.5 Å². The summed E-state index contributed by atoms with van der Waals surface area (Å²) in [7, 11) is 0. The Bertz CT molecular complexity index is 2610. The molecule has 0 amide bonds. The maximum absolute atomic E-state index is 10.8. The molecule has 0 fully saturated rings. The number of allylic oxidation sites excluding steroid dienone is 4. The van der Waals surface area contributed by atoms with E-state index in [4.69, 9.17) is 0 Å². The molecule has 0 radical (unpaired) electrons. The van der Waals surface area contributed by atoms with E-state index in [1.165, 1.54) is 10.8 Å². The number of hydrogen-bond donors (Lipinski definition) is 0. The fourth-order valence-corrected chi connectivity index (χ4v) is 7.78. The van der Waals surface area contributed by atoms with E-state index in [-0.39, 0.29) is 5.92 Å². The summed E-state index contributed by atoms with van der Waals surface area (Å²) in [6, 6.07) is 55.4. The van der Waals surface area contributed by atoms with Crippen LogP contribution in [0.3, 0.4) is 0 Å². The first kappa shape index (κ1) is 27.7. The minimum Gasteiger partial charge on any atom is -0.309 e. The van der Waals surface area contributed by atoms with Crippen LogP contribution < -0.4 is 0 Å². The smallest absolute Gasteiger partial charge is 0.0983 e. The summed E-state index contributed by atoms with van der Waals surface area (Å²) in [5.41, 5.74) is 9.73. The molecule has 1 aliphatic carbocycles. The van der Waals surface area contributed by atoms with Crippen LogP contribution >= 0.6 is 0 Å². The Morgan fingerprint density at radius 3 is 1.48 bits per heavy atom. The first-order valence-corrected chi connectivity index (χ1v) is 16.2. The highest BCUT2D eigenvalue weighted by atomic mass is 15.0. The molecule has 8 aromatic rings. The van der Waals surface area contributed by atoms with Gasteiger partial charge in [-0.15, -0.1) is 0 Å². The lowest BCUT2D eigenvalue weighted by atomic mass is 9.76. The standard InChI is InChI=1S/C44H28N4/c45-27-37-31(25-26-44(38(37)28-46)48-42-23-11-6-18-35(42)36-19-7-12-24-43(36)48)29-13-1-2-14-30(29)32-15-3-8-20-39(32)47-40-21-9-4-16-33(40)34-17-5-10-22-41(34)47/h1-26,31,37H. The van der Waals surface area contributed by atoms with Gasteiger partial charge < -0.3 is 9.13 Å². The Hall–Kier alpha value is -6.62. The summed E-state index contributed by atoms with van der Waals surface area (Å²) in [6.45, 7) is 0. The molecular formula is C44H28N4. The number of rotatable bonds is 4. The van der Waals surface area contributed by atoms with E-state index < -0.39 is 5.92 Å². The largest absolute Gasteiger partial charge is 0.309 e. The van der Waals surface area contributed by atoms with E-state index in [0.29, 0.717) is 5.57 Å². The zero-order valence-electron chi connectivity index (χ0n) is 26.0. The topological polar surface area (TPSA) is 57.4 Å². The Morgan fingerprint density at radius 1 is 0.479 bits per heavy atom. The first-order valence-electron chi connectivity index (χ1n) is 16.2. The first-order chi connectivity index (χ1) is 23.8. The molecule has 0 spiro atoms. The van der Waals surface area contributed by atoms with Crippen molar-refractivity contribution in [2.24, 2.45) is 5.92 Å². The molecule has 48 heavy (non-hydrogen) atoms. The number of benzene rings is 6. The van der Waals surface area contributed by atoms with Crippen LogP contribution in [0.1, 0.15) is 11.5 Å². The Kier molecular flexibility index (Phi) is 6.35. The Labute approximate surface area is 277 Å². The van der Waals surface area contributed by atoms with E-state index >= 15 is 0 Å². The van der Waals surface area contributed by atoms with E-state index in [1.807, 2.05) is 36.4 Å². The zero-order chi connectivity index (χ0) is 32.2. The predicted octanol–water partition coefficient (Wildman–Crippen LogP) is 10.8. The molecule has 2 aromatic heterocycles. The molecule has 0 aliphatic heterocycles. The lowest BCUT2D eigenvalue weighted by Crippen LogP contribution is -2.18. The number of para-hydroxylation sites is 5. The monoisotopic (exact) mass is 612 g/mol. The molecule has 2 unspecified atom stereocenters. The van der Waals surface area contributed by atoms with E-state index in [1.54, 1.807) is 0 Å². The average Bonchev–Trinajstić information content (AvgIpc) is 3.67. The number of nitriles is 2. The van der Waals surface area contributed by atoms with Crippen LogP contribution in [0.25, 0.3) is 66.1 Å². The second-order valence-corrected chi connectivity index (χ2v) is 12.2. The van der Waals surface area contributed by atoms with Gasteiger partial charge in [-0.1, -0.05) is 121 Å². The van der Waals surface area contributed by atoms with Crippen LogP contribution in [0.2, 0.25) is 0 Å². The molecule has 1 aliphatic rings. The molecule has 0 saturated heterocycles. The lowest BCUT2D eigenvalue weighted by molar-refractivity contribution is 0.689. The van der Waals surface area contributed by atoms with Crippen molar-refractivity contribution in [3.05, 3.63) is 169 Å². The zero-order valence-corrected chi connectivity index (χ0v) is 26.0. The van der Waals surface area contributed by atoms with Crippen molar-refractivity contribution < 1.29 is 0 Å². The van der Waals surface area contributed by atoms with Crippen molar-refractivity contribution in [1.29, 1.82) is 10.5 Å². The summed E-state index contributed by atoms with van der Waals surface area (Å²) < 4.78 is 4.49. The van der Waals surface area contributed by atoms with Crippen LogP contribution in [0.4, 0.5) is 0 Å². The molecule has 4 heteroatoms. The van der Waals surface area contributed by atoms with Crippen molar-refractivity contribution >= 4 is 49.3 Å². The minimum atomic E-state index is -0.670. The van der Waals surface area contributed by atoms with Gasteiger partial charge in [-0.25, -0.2) is 0 Å². The van der Waals surface area contributed by atoms with Gasteiger partial charge in [0.2, 0.25) is 0 Å². The molecule has 0 saturated carbocycles. The normalized spacial score (nSPS) is 16.1. The van der Waals surface area contributed by atoms with Crippen LogP contribution in [0.5, 0.6) is 0 Å². The lowest BCUT2D eigenvalue weighted by Gasteiger charge is -2.28. The highest BCUT2D eigenvalue weighted by Gasteiger charge is 2.33. The number of aromatic nitrogens is 2. The molecule has 0 N–H and O–H groups in total. The van der Waals surface area contributed by atoms with Gasteiger partial charge >= 0.3 is 0 Å². The Morgan fingerprint density at radius 2 is 0.938 bits per heavy atom. The molecule has 9 rings (SSSR count). The second kappa shape index (κ2) is 11.0. The van der Waals surface area contributed by atoms with Crippen LogP contribution in [0.15, 0.2) is 163 Å². The fraction of sp³-hybridized carbons (Fsp3) is 0.0455. The Balaban J connectivity index is 1.23. The van der Waals surface area contributed by atoms with Crippen molar-refractivity contribution in [2.75, 3.05) is 0 Å². The van der Waals surface area contributed by atoms with Crippen LogP contribution in [0, 0.1) is 28.6 Å². The number of fused-ring (bicyclic) bond motifs is 6. The van der Waals surface area contributed by atoms with Gasteiger partial charge in [0.15, 0.2) is 0 Å². The molecule has 0 bridgehead atoms. The average molecular weight is 613 g/mol. The summed E-state index contributed by atoms with van der Waals surface area (Å²) in [5, 5.41) is 26.2. The second-order valence-electron chi connectivity index (χ2n) is 12.2. The molecule has 6 aromatic carbocycles. The summed E-state index contributed by atoms with van der Waals surface area (Å²) in [6.07, 6.45) is 4.17. The third kappa shape index (κ3) is 4.00. The minimum absolute atomic E-state index is 0.316. The van der Waals surface area contributed by atoms with Crippen molar-refractivity contribution in [3.63, 3.8) is 0 Å². The third-order valence-electron chi connectivity index (χ3n) is 9.82. The summed E-state index contributed by atoms with van der Waals surface area (Å²) in [5.74, 6) is -0.986. The predicted molar refractivity (Wildman–Crippen MR) is 195 cm³/mol. The van der Waals surface area contributed by atoms with Crippen molar-refractivity contribution in [1.82, 2.24) is 9.13 Å². The number of hydrogen-bond acceptors (Lipinski definition) is 2. The van der Waals surface area contributed by atoms with Gasteiger partial charge in [0, 0.05) is 33.0 Å². The SMILES string of the molecule is N#CC1=C(n2c3ccccc3c3ccccc32)C=CC(c2ccccc2-c2ccccc2-n2c3ccccc3c3ccccc32)C1C#N. The van der Waals surface area contributed by atoms with Crippen molar-refractivity contribution in [2.45, 2.75) is 5.92 Å².